The van der Waals surface area contributed by atoms with E-state index in [2.05, 4.69) is 0 Å². The first kappa shape index (κ1) is 15.4. The van der Waals surface area contributed by atoms with Crippen molar-refractivity contribution >= 4 is 40.7 Å². The Morgan fingerprint density at radius 1 is 1.15 bits per heavy atom. The molecule has 104 valence electrons. The molecule has 2 aromatic carbocycles. The second-order valence-corrected chi connectivity index (χ2v) is 6.10. The van der Waals surface area contributed by atoms with Crippen molar-refractivity contribution in [3.8, 4) is 0 Å². The molecule has 0 saturated carbocycles. The van der Waals surface area contributed by atoms with E-state index in [0.29, 0.717) is 16.3 Å². The van der Waals surface area contributed by atoms with Crippen LogP contribution < -0.4 is 0 Å². The lowest BCUT2D eigenvalue weighted by molar-refractivity contribution is -0.116. The van der Waals surface area contributed by atoms with Gasteiger partial charge in [-0.25, -0.2) is 4.39 Å². The quantitative estimate of drug-likeness (QED) is 0.715. The van der Waals surface area contributed by atoms with Crippen LogP contribution in [0, 0.1) is 5.82 Å². The number of halogens is 3. The van der Waals surface area contributed by atoms with Crippen molar-refractivity contribution in [1.82, 2.24) is 0 Å². The van der Waals surface area contributed by atoms with Gasteiger partial charge in [0.2, 0.25) is 0 Å². The molecule has 0 N–H and O–H groups in total. The minimum absolute atomic E-state index is 0.0247. The summed E-state index contributed by atoms with van der Waals surface area (Å²) in [6, 6.07) is 11.7. The Kier molecular flexibility index (Phi) is 5.46. The lowest BCUT2D eigenvalue weighted by atomic mass is 10.1. The van der Waals surface area contributed by atoms with Crippen LogP contribution in [0.1, 0.15) is 5.56 Å². The monoisotopic (exact) mass is 328 g/mol. The van der Waals surface area contributed by atoms with Crippen LogP contribution in [-0.4, -0.2) is 11.5 Å². The minimum Gasteiger partial charge on any atom is -0.298 e. The Morgan fingerprint density at radius 3 is 2.65 bits per heavy atom. The predicted molar refractivity (Wildman–Crippen MR) is 82.3 cm³/mol. The van der Waals surface area contributed by atoms with E-state index in [1.54, 1.807) is 12.1 Å². The summed E-state index contributed by atoms with van der Waals surface area (Å²) in [5.74, 6) is -0.152. The van der Waals surface area contributed by atoms with Gasteiger partial charge in [-0.15, -0.1) is 11.8 Å². The topological polar surface area (TPSA) is 17.1 Å². The van der Waals surface area contributed by atoms with Gasteiger partial charge in [0.15, 0.2) is 0 Å². The highest BCUT2D eigenvalue weighted by Crippen LogP contribution is 2.22. The number of carbonyl (C=O) groups is 1. The fraction of sp³-hybridized carbons (Fsp3) is 0.133. The molecule has 0 atom stereocenters. The van der Waals surface area contributed by atoms with E-state index >= 15 is 0 Å². The maximum Gasteiger partial charge on any atom is 0.147 e. The SMILES string of the molecule is O=C(CSc1cccc(Cl)c1)Cc1ccc(Cl)c(F)c1. The molecule has 0 bridgehead atoms. The summed E-state index contributed by atoms with van der Waals surface area (Å²) in [5.41, 5.74) is 0.628. The standard InChI is InChI=1S/C15H11Cl2FOS/c16-11-2-1-3-13(8-11)20-9-12(19)6-10-4-5-14(17)15(18)7-10/h1-5,7-8H,6,9H2. The van der Waals surface area contributed by atoms with Gasteiger partial charge in [-0.2, -0.15) is 0 Å². The zero-order valence-electron chi connectivity index (χ0n) is 10.4. The number of hydrogen-bond donors (Lipinski definition) is 0. The Labute approximate surface area is 131 Å². The molecule has 0 radical (unpaired) electrons. The van der Waals surface area contributed by atoms with Crippen LogP contribution in [0.4, 0.5) is 4.39 Å². The Balaban J connectivity index is 1.91. The van der Waals surface area contributed by atoms with Crippen molar-refractivity contribution in [2.75, 3.05) is 5.75 Å². The molecule has 0 fully saturated rings. The molecule has 5 heteroatoms. The van der Waals surface area contributed by atoms with Crippen LogP contribution in [0.25, 0.3) is 0 Å². The second-order valence-electron chi connectivity index (χ2n) is 4.21. The fourth-order valence-electron chi connectivity index (χ4n) is 1.65. The number of carbonyl (C=O) groups excluding carboxylic acids is 1. The minimum atomic E-state index is -0.500. The summed E-state index contributed by atoms with van der Waals surface area (Å²) in [4.78, 5) is 12.8. The summed E-state index contributed by atoms with van der Waals surface area (Å²) < 4.78 is 13.3. The average Bonchev–Trinajstić information content (AvgIpc) is 2.41. The second kappa shape index (κ2) is 7.11. The van der Waals surface area contributed by atoms with E-state index in [-0.39, 0.29) is 17.2 Å². The van der Waals surface area contributed by atoms with Gasteiger partial charge < -0.3 is 0 Å². The van der Waals surface area contributed by atoms with Gasteiger partial charge in [0.05, 0.1) is 10.8 Å². The molecule has 0 saturated heterocycles. The van der Waals surface area contributed by atoms with E-state index in [4.69, 9.17) is 23.2 Å². The summed E-state index contributed by atoms with van der Waals surface area (Å²) >= 11 is 12.9. The normalized spacial score (nSPS) is 10.6. The van der Waals surface area contributed by atoms with E-state index < -0.39 is 5.82 Å². The molecule has 1 nitrogen and oxygen atoms in total. The van der Waals surface area contributed by atoms with Crippen LogP contribution in [0.2, 0.25) is 10.0 Å². The van der Waals surface area contributed by atoms with Crippen molar-refractivity contribution < 1.29 is 9.18 Å². The zero-order chi connectivity index (χ0) is 14.5. The maximum absolute atomic E-state index is 13.3. The molecule has 0 aliphatic rings. The van der Waals surface area contributed by atoms with Crippen molar-refractivity contribution in [2.24, 2.45) is 0 Å². The smallest absolute Gasteiger partial charge is 0.147 e. The van der Waals surface area contributed by atoms with Gasteiger partial charge >= 0.3 is 0 Å². The molecule has 2 rings (SSSR count). The van der Waals surface area contributed by atoms with Gasteiger partial charge in [0.1, 0.15) is 11.6 Å². The van der Waals surface area contributed by atoms with E-state index in [9.17, 15) is 9.18 Å². The molecule has 20 heavy (non-hydrogen) atoms. The number of Topliss-reactive ketones (excluding diaryl/α,β-unsaturated/α-hetero) is 1. The summed E-state index contributed by atoms with van der Waals surface area (Å²) in [6.07, 6.45) is 0.196. The molecule has 0 aliphatic carbocycles. The highest BCUT2D eigenvalue weighted by molar-refractivity contribution is 8.00. The van der Waals surface area contributed by atoms with Gasteiger partial charge in [-0.3, -0.25) is 4.79 Å². The molecule has 0 unspecified atom stereocenters. The lowest BCUT2D eigenvalue weighted by Gasteiger charge is -2.03. The molecule has 2 aromatic rings. The summed E-state index contributed by atoms with van der Waals surface area (Å²) in [7, 11) is 0. The first-order valence-corrected chi connectivity index (χ1v) is 7.63. The van der Waals surface area contributed by atoms with Gasteiger partial charge in [0.25, 0.3) is 0 Å². The molecule has 0 amide bonds. The van der Waals surface area contributed by atoms with Gasteiger partial charge in [0, 0.05) is 16.3 Å². The van der Waals surface area contributed by atoms with E-state index in [0.717, 1.165) is 4.90 Å². The molecule has 0 heterocycles. The molecule has 0 aliphatic heterocycles. The highest BCUT2D eigenvalue weighted by Gasteiger charge is 2.07. The lowest BCUT2D eigenvalue weighted by Crippen LogP contribution is -2.05. The predicted octanol–water partition coefficient (Wildman–Crippen LogP) is 5.04. The number of benzene rings is 2. The fourth-order valence-corrected chi connectivity index (χ4v) is 2.84. The van der Waals surface area contributed by atoms with Crippen molar-refractivity contribution in [3.63, 3.8) is 0 Å². The van der Waals surface area contributed by atoms with E-state index in [1.165, 1.54) is 23.9 Å². The number of hydrogen-bond acceptors (Lipinski definition) is 2. The number of rotatable bonds is 5. The number of thioether (sulfide) groups is 1. The molecular weight excluding hydrogens is 318 g/mol. The largest absolute Gasteiger partial charge is 0.298 e. The van der Waals surface area contributed by atoms with Gasteiger partial charge in [-0.1, -0.05) is 35.3 Å². The highest BCUT2D eigenvalue weighted by atomic mass is 35.5. The molecule has 0 aromatic heterocycles. The van der Waals surface area contributed by atoms with Crippen LogP contribution in [0.15, 0.2) is 47.4 Å². The van der Waals surface area contributed by atoms with Crippen molar-refractivity contribution in [3.05, 3.63) is 63.9 Å². The third-order valence-corrected chi connectivity index (χ3v) is 4.18. The Hall–Kier alpha value is -1.03. The number of ketones is 1. The zero-order valence-corrected chi connectivity index (χ0v) is 12.7. The average molecular weight is 329 g/mol. The van der Waals surface area contributed by atoms with E-state index in [1.807, 2.05) is 18.2 Å². The first-order valence-electron chi connectivity index (χ1n) is 5.88. The third-order valence-electron chi connectivity index (χ3n) is 2.58. The van der Waals surface area contributed by atoms with Crippen molar-refractivity contribution in [1.29, 1.82) is 0 Å². The Bertz CT molecular complexity index is 631. The first-order chi connectivity index (χ1) is 9.54. The van der Waals surface area contributed by atoms with Crippen LogP contribution in [0.5, 0.6) is 0 Å². The third kappa shape index (κ3) is 4.51. The van der Waals surface area contributed by atoms with Crippen LogP contribution in [-0.2, 0) is 11.2 Å². The molecular formula is C15H11Cl2FOS. The van der Waals surface area contributed by atoms with Crippen LogP contribution >= 0.6 is 35.0 Å². The van der Waals surface area contributed by atoms with Crippen molar-refractivity contribution in [2.45, 2.75) is 11.3 Å². The summed E-state index contributed by atoms with van der Waals surface area (Å²) in [6.45, 7) is 0. The maximum atomic E-state index is 13.3. The summed E-state index contributed by atoms with van der Waals surface area (Å²) in [5, 5.41) is 0.705. The van der Waals surface area contributed by atoms with Gasteiger partial charge in [-0.05, 0) is 35.9 Å². The Morgan fingerprint density at radius 2 is 1.95 bits per heavy atom. The molecule has 0 spiro atoms. The van der Waals surface area contributed by atoms with Crippen LogP contribution in [0.3, 0.4) is 0 Å².